The van der Waals surface area contributed by atoms with Crippen molar-refractivity contribution < 1.29 is 28.8 Å². The molecule has 10 heterocycles. The predicted molar refractivity (Wildman–Crippen MR) is 434 cm³/mol. The van der Waals surface area contributed by atoms with Crippen LogP contribution in [-0.2, 0) is 28.8 Å². The SMILES string of the molecule is CCN1C(=O)CN(C)CC1=O.CCN1C(C)CN(C)CC1C.CCN1CC(C)N(C)C(C)C1.CCN1CCN(C)C(=O)C1.CCN1CCN(C)C(=O)C1=O.CCN1CCN(C)C(C)C1.CCN1CCN(C)C(C)C1C.CCN1CCN(C)CC1.CCN1CCN(C)CC1=O.CCN1CCN(C)CC1C. The number of carbonyl (C=O) groups excluding carboxylic acids is 6. The zero-order valence-electron chi connectivity index (χ0n) is 72.5. The molecule has 0 saturated carbocycles. The normalized spacial score (nSPS) is 28.0. The summed E-state index contributed by atoms with van der Waals surface area (Å²) in [6.07, 6.45) is 0. The number of hydrogen-bond acceptors (Lipinski definition) is 21. The predicted octanol–water partition coefficient (Wildman–Crippen LogP) is 2.80. The highest BCUT2D eigenvalue weighted by Gasteiger charge is 2.32. The van der Waals surface area contributed by atoms with E-state index in [-0.39, 0.29) is 29.5 Å². The number of nitrogens with zero attached hydrogens (tertiary/aromatic N) is 20. The van der Waals surface area contributed by atoms with Crippen molar-refractivity contribution in [1.82, 2.24) is 98.0 Å². The van der Waals surface area contributed by atoms with Crippen molar-refractivity contribution in [2.24, 2.45) is 0 Å². The van der Waals surface area contributed by atoms with Gasteiger partial charge in [-0.05, 0) is 178 Å². The minimum atomic E-state index is -0.391. The van der Waals surface area contributed by atoms with Crippen molar-refractivity contribution >= 4 is 35.4 Å². The van der Waals surface area contributed by atoms with Crippen LogP contribution in [0.15, 0.2) is 0 Å². The zero-order chi connectivity index (χ0) is 79.1. The van der Waals surface area contributed by atoms with Crippen LogP contribution in [0.1, 0.15) is 125 Å². The first-order valence-corrected chi connectivity index (χ1v) is 40.6. The van der Waals surface area contributed by atoms with E-state index >= 15 is 0 Å². The van der Waals surface area contributed by atoms with E-state index in [0.29, 0.717) is 58.4 Å². The molecule has 10 saturated heterocycles. The molecule has 10 fully saturated rings. The molecule has 26 heteroatoms. The van der Waals surface area contributed by atoms with Crippen molar-refractivity contribution in [2.45, 2.75) is 173 Å². The van der Waals surface area contributed by atoms with Crippen LogP contribution in [0.4, 0.5) is 0 Å². The molecule has 0 aromatic carbocycles. The molecule has 0 spiro atoms. The van der Waals surface area contributed by atoms with Gasteiger partial charge in [-0.1, -0.05) is 48.5 Å². The molecule has 0 radical (unpaired) electrons. The molecule has 10 aliphatic heterocycles. The average molecular weight is 1480 g/mol. The maximum Gasteiger partial charge on any atom is 0.312 e. The van der Waals surface area contributed by atoms with Gasteiger partial charge in [-0.3, -0.25) is 68.0 Å². The topological polar surface area (TPSA) is 167 Å². The third-order valence-corrected chi connectivity index (χ3v) is 23.1. The van der Waals surface area contributed by atoms with E-state index in [2.05, 4.69) is 215 Å². The number of piperazine rings is 10. The zero-order valence-corrected chi connectivity index (χ0v) is 72.5. The maximum absolute atomic E-state index is 11.1. The van der Waals surface area contributed by atoms with Crippen LogP contribution < -0.4 is 0 Å². The fourth-order valence-electron chi connectivity index (χ4n) is 14.5. The van der Waals surface area contributed by atoms with E-state index in [1.807, 2.05) is 32.8 Å². The van der Waals surface area contributed by atoms with E-state index in [0.717, 1.165) is 81.6 Å². The molecular formula is C78H164N20O6. The first-order valence-electron chi connectivity index (χ1n) is 40.6. The van der Waals surface area contributed by atoms with Gasteiger partial charge in [-0.15, -0.1) is 0 Å². The molecule has 0 bridgehead atoms. The van der Waals surface area contributed by atoms with E-state index < -0.39 is 5.91 Å². The number of carbonyl (C=O) groups is 6. The lowest BCUT2D eigenvalue weighted by atomic mass is 10.1. The lowest BCUT2D eigenvalue weighted by Crippen LogP contribution is -2.55. The van der Waals surface area contributed by atoms with Gasteiger partial charge in [0, 0.05) is 226 Å². The summed E-state index contributed by atoms with van der Waals surface area (Å²) >= 11 is 0. The molecule has 6 amide bonds. The number of hydrogen-bond donors (Lipinski definition) is 0. The van der Waals surface area contributed by atoms with E-state index in [9.17, 15) is 28.8 Å². The van der Waals surface area contributed by atoms with Gasteiger partial charge >= 0.3 is 11.8 Å². The second-order valence-corrected chi connectivity index (χ2v) is 31.0. The summed E-state index contributed by atoms with van der Waals surface area (Å²) in [5.41, 5.74) is 0. The summed E-state index contributed by atoms with van der Waals surface area (Å²) in [6.45, 7) is 76.7. The van der Waals surface area contributed by atoms with Gasteiger partial charge in [0.25, 0.3) is 0 Å². The highest BCUT2D eigenvalue weighted by molar-refractivity contribution is 6.35. The molecule has 104 heavy (non-hydrogen) atoms. The summed E-state index contributed by atoms with van der Waals surface area (Å²) in [5.74, 6) is -0.443. The van der Waals surface area contributed by atoms with E-state index in [1.54, 1.807) is 35.7 Å². The molecule has 8 atom stereocenters. The molecular weight excluding hydrogens is 1310 g/mol. The van der Waals surface area contributed by atoms with Crippen molar-refractivity contribution in [2.75, 3.05) is 306 Å². The van der Waals surface area contributed by atoms with Crippen molar-refractivity contribution in [1.29, 1.82) is 0 Å². The fourth-order valence-corrected chi connectivity index (χ4v) is 14.5. The Morgan fingerprint density at radius 1 is 0.269 bits per heavy atom. The van der Waals surface area contributed by atoms with Gasteiger partial charge in [0.15, 0.2) is 0 Å². The fraction of sp³-hybridized carbons (Fsp3) is 0.923. The Kier molecular flexibility index (Phi) is 50.4. The first kappa shape index (κ1) is 98.4. The van der Waals surface area contributed by atoms with Crippen LogP contribution in [0.3, 0.4) is 0 Å². The smallest absolute Gasteiger partial charge is 0.312 e. The van der Waals surface area contributed by atoms with Crippen LogP contribution >= 0.6 is 0 Å². The highest BCUT2D eigenvalue weighted by atomic mass is 16.2. The van der Waals surface area contributed by atoms with Crippen LogP contribution in [0.2, 0.25) is 0 Å². The average Bonchev–Trinajstić information content (AvgIpc) is 0.866. The number of amides is 6. The van der Waals surface area contributed by atoms with E-state index in [4.69, 9.17) is 0 Å². The van der Waals surface area contributed by atoms with Crippen molar-refractivity contribution in [3.05, 3.63) is 0 Å². The van der Waals surface area contributed by atoms with Crippen LogP contribution in [0, 0.1) is 0 Å². The summed E-state index contributed by atoms with van der Waals surface area (Å²) < 4.78 is 0. The molecule has 0 N–H and O–H groups in total. The molecule has 0 aliphatic carbocycles. The third-order valence-electron chi connectivity index (χ3n) is 23.1. The molecule has 612 valence electrons. The summed E-state index contributed by atoms with van der Waals surface area (Å²) in [4.78, 5) is 110. The highest BCUT2D eigenvalue weighted by Crippen LogP contribution is 2.16. The van der Waals surface area contributed by atoms with Crippen LogP contribution in [0.25, 0.3) is 0 Å². The van der Waals surface area contributed by atoms with Crippen LogP contribution in [0.5, 0.6) is 0 Å². The minimum Gasteiger partial charge on any atom is -0.343 e. The van der Waals surface area contributed by atoms with Gasteiger partial charge < -0.3 is 58.8 Å². The van der Waals surface area contributed by atoms with Gasteiger partial charge in [0.2, 0.25) is 23.6 Å². The second-order valence-electron chi connectivity index (χ2n) is 31.0. The Morgan fingerprint density at radius 2 is 0.712 bits per heavy atom. The summed E-state index contributed by atoms with van der Waals surface area (Å²) in [5, 5.41) is 0. The molecule has 8 unspecified atom stereocenters. The first-order chi connectivity index (χ1) is 49.0. The molecule has 0 aromatic heterocycles. The number of imide groups is 1. The lowest BCUT2D eigenvalue weighted by molar-refractivity contribution is -0.154. The van der Waals surface area contributed by atoms with Gasteiger partial charge in [0.05, 0.1) is 26.2 Å². The van der Waals surface area contributed by atoms with Crippen LogP contribution in [-0.4, -0.2) is 488 Å². The summed E-state index contributed by atoms with van der Waals surface area (Å²) in [6, 6.07) is 5.83. The van der Waals surface area contributed by atoms with E-state index in [1.165, 1.54) is 154 Å². The second kappa shape index (κ2) is 53.3. The van der Waals surface area contributed by atoms with Crippen molar-refractivity contribution in [3.63, 3.8) is 0 Å². The molecule has 0 aromatic rings. The summed E-state index contributed by atoms with van der Waals surface area (Å²) in [7, 11) is 20.5. The minimum absolute atomic E-state index is 0.0914. The van der Waals surface area contributed by atoms with Gasteiger partial charge in [-0.2, -0.15) is 0 Å². The Balaban J connectivity index is 0.000000578. The number of rotatable bonds is 10. The van der Waals surface area contributed by atoms with Gasteiger partial charge in [-0.25, -0.2) is 0 Å². The standard InChI is InChI=1S/3C9H20N2.2C8H18N2.2C7H12N2O2.2C7H14N2O.C7H16N2/c1-5-11-6-8(2)10(4)9(3)7-11;1-5-11-8(2)6-10(4)7-9(11)3;1-5-11-7-6-10(4)8(2)9(11)3;1-4-10-6-5-9(3)8(2)7-10;1-4-10-6-5-9(3)7-8(10)2;1-3-9-6(10)4-8(2)5-7(9)11;1-3-9-5-4-8(2)6(10)7(9)11;1-3-9-5-4-8(2)7(10)6-9;1-3-9-5-4-8(2)6-7(9)10;1-3-9-6-4-8(2)5-7-9/h3*8-9H,5-7H2,1-4H3;2*8H,4-7H2,1-3H3;2*3-5H2,1-2H3;2*3-6H2,1-2H3;3-7H2,1-2H3. The Bertz CT molecular complexity index is 2300. The quantitative estimate of drug-likeness (QED) is 0.231. The third kappa shape index (κ3) is 36.3. The largest absolute Gasteiger partial charge is 0.343 e. The Labute approximate surface area is 638 Å². The monoisotopic (exact) mass is 1480 g/mol. The van der Waals surface area contributed by atoms with Gasteiger partial charge in [0.1, 0.15) is 0 Å². The maximum atomic E-state index is 11.1. The molecule has 10 rings (SSSR count). The Hall–Kier alpha value is -3.58. The molecule has 26 nitrogen and oxygen atoms in total. The number of likely N-dealkylation sites (N-methyl/N-ethyl adjacent to an activating group) is 20. The lowest BCUT2D eigenvalue weighted by Gasteiger charge is -2.43. The Morgan fingerprint density at radius 3 is 1.17 bits per heavy atom. The van der Waals surface area contributed by atoms with Crippen molar-refractivity contribution in [3.8, 4) is 0 Å². The molecule has 10 aliphatic rings.